The molecule has 0 aliphatic carbocycles. The Hall–Kier alpha value is -2.79. The van der Waals surface area contributed by atoms with Crippen molar-refractivity contribution >= 4 is 10.9 Å². The quantitative estimate of drug-likeness (QED) is 0.788. The Morgan fingerprint density at radius 2 is 1.84 bits per heavy atom. The number of hydrogen-bond donors (Lipinski definition) is 1. The van der Waals surface area contributed by atoms with Gasteiger partial charge in [0.1, 0.15) is 12.4 Å². The van der Waals surface area contributed by atoms with E-state index in [-0.39, 0.29) is 20.0 Å². The van der Waals surface area contributed by atoms with Crippen molar-refractivity contribution in [3.63, 3.8) is 0 Å². The fraction of sp³-hybridized carbons (Fsp3) is 0.250. The summed E-state index contributed by atoms with van der Waals surface area (Å²) in [6.45, 7) is 4.63. The van der Waals surface area contributed by atoms with Crippen molar-refractivity contribution in [2.45, 2.75) is 13.8 Å². The number of ether oxygens (including phenoxy) is 3. The highest BCUT2D eigenvalue weighted by atomic mass is 16.7. The summed E-state index contributed by atoms with van der Waals surface area (Å²) in [6.07, 6.45) is 0. The van der Waals surface area contributed by atoms with Crippen molar-refractivity contribution in [3.05, 3.63) is 47.5 Å². The van der Waals surface area contributed by atoms with Gasteiger partial charge in [-0.15, -0.1) is 0 Å². The third kappa shape index (κ3) is 2.87. The normalized spacial score (nSPS) is 12.6. The molecule has 1 aliphatic heterocycles. The predicted molar refractivity (Wildman–Crippen MR) is 95.4 cm³/mol. The zero-order valence-electron chi connectivity index (χ0n) is 14.2. The van der Waals surface area contributed by atoms with Crippen LogP contribution < -0.4 is 14.2 Å². The van der Waals surface area contributed by atoms with Crippen LogP contribution in [-0.4, -0.2) is 30.1 Å². The van der Waals surface area contributed by atoms with Crippen LogP contribution in [0.4, 0.5) is 0 Å². The molecule has 2 heterocycles. The van der Waals surface area contributed by atoms with Crippen molar-refractivity contribution in [2.24, 2.45) is 0 Å². The summed E-state index contributed by atoms with van der Waals surface area (Å²) < 4.78 is 16.4. The number of aliphatic hydroxyl groups is 1. The number of aryl methyl sites for hydroxylation is 2. The number of fused-ring (bicyclic) bond motifs is 2. The minimum Gasteiger partial charge on any atom is -0.491 e. The van der Waals surface area contributed by atoms with E-state index in [9.17, 15) is 0 Å². The number of benzene rings is 2. The van der Waals surface area contributed by atoms with Crippen LogP contribution in [-0.2, 0) is 0 Å². The minimum atomic E-state index is -0.0130. The molecule has 0 radical (unpaired) electrons. The van der Waals surface area contributed by atoms with Gasteiger partial charge in [-0.2, -0.15) is 0 Å². The predicted octanol–water partition coefficient (Wildman–Crippen LogP) is 3.62. The lowest BCUT2D eigenvalue weighted by molar-refractivity contribution is 0.174. The van der Waals surface area contributed by atoms with Crippen LogP contribution in [0, 0.1) is 13.8 Å². The first-order valence-electron chi connectivity index (χ1n) is 8.21. The average molecular weight is 337 g/mol. The third-order valence-electron chi connectivity index (χ3n) is 4.34. The van der Waals surface area contributed by atoms with Gasteiger partial charge in [-0.05, 0) is 55.3 Å². The van der Waals surface area contributed by atoms with Gasteiger partial charge in [0.25, 0.3) is 0 Å². The molecule has 4 rings (SSSR count). The van der Waals surface area contributed by atoms with Crippen LogP contribution >= 0.6 is 0 Å². The lowest BCUT2D eigenvalue weighted by atomic mass is 10.0. The Morgan fingerprint density at radius 1 is 1.04 bits per heavy atom. The number of aromatic nitrogens is 1. The van der Waals surface area contributed by atoms with E-state index in [1.807, 2.05) is 37.3 Å². The Balaban J connectivity index is 1.82. The second kappa shape index (κ2) is 6.26. The summed E-state index contributed by atoms with van der Waals surface area (Å²) in [5.41, 5.74) is 5.01. The maximum atomic E-state index is 8.92. The Bertz CT molecular complexity index is 952. The molecule has 0 saturated carbocycles. The molecule has 25 heavy (non-hydrogen) atoms. The van der Waals surface area contributed by atoms with Crippen LogP contribution in [0.5, 0.6) is 17.2 Å². The summed E-state index contributed by atoms with van der Waals surface area (Å²) in [7, 11) is 0. The van der Waals surface area contributed by atoms with Crippen molar-refractivity contribution in [1.82, 2.24) is 4.98 Å². The van der Waals surface area contributed by atoms with Gasteiger partial charge < -0.3 is 19.3 Å². The topological polar surface area (TPSA) is 60.8 Å². The number of hydrogen-bond acceptors (Lipinski definition) is 5. The van der Waals surface area contributed by atoms with Gasteiger partial charge in [0.2, 0.25) is 6.79 Å². The molecule has 128 valence electrons. The van der Waals surface area contributed by atoms with Crippen LogP contribution in [0.25, 0.3) is 22.2 Å². The summed E-state index contributed by atoms with van der Waals surface area (Å²) in [4.78, 5) is 4.82. The largest absolute Gasteiger partial charge is 0.491 e. The first-order chi connectivity index (χ1) is 12.2. The first kappa shape index (κ1) is 15.7. The summed E-state index contributed by atoms with van der Waals surface area (Å²) >= 11 is 0. The molecular weight excluding hydrogens is 318 g/mol. The lowest BCUT2D eigenvalue weighted by Gasteiger charge is -2.11. The highest BCUT2D eigenvalue weighted by Crippen LogP contribution is 2.38. The molecule has 0 bridgehead atoms. The highest BCUT2D eigenvalue weighted by molar-refractivity contribution is 5.86. The first-order valence-corrected chi connectivity index (χ1v) is 8.21. The number of nitrogens with zero attached hydrogens (tertiary/aromatic N) is 1. The van der Waals surface area contributed by atoms with E-state index < -0.39 is 0 Å². The number of aliphatic hydroxyl groups excluding tert-OH is 1. The monoisotopic (exact) mass is 337 g/mol. The standard InChI is InChI=1S/C20H19NO4/c1-12-7-17(16-10-20-19(8-13(16)2)24-11-25-20)21-18-9-14(23-6-5-22)3-4-15(12)18/h3-4,7-10,22H,5-6,11H2,1-2H3. The van der Waals surface area contributed by atoms with E-state index in [1.54, 1.807) is 0 Å². The molecule has 5 heteroatoms. The minimum absolute atomic E-state index is 0.0130. The van der Waals surface area contributed by atoms with Crippen molar-refractivity contribution in [3.8, 4) is 28.5 Å². The molecule has 0 saturated heterocycles. The van der Waals surface area contributed by atoms with Gasteiger partial charge in [0.05, 0.1) is 17.8 Å². The van der Waals surface area contributed by atoms with E-state index in [2.05, 4.69) is 13.0 Å². The van der Waals surface area contributed by atoms with E-state index in [1.165, 1.54) is 0 Å². The van der Waals surface area contributed by atoms with Crippen molar-refractivity contribution in [2.75, 3.05) is 20.0 Å². The summed E-state index contributed by atoms with van der Waals surface area (Å²) in [5, 5.41) is 10.0. The van der Waals surface area contributed by atoms with E-state index in [0.717, 1.165) is 44.8 Å². The SMILES string of the molecule is Cc1cc2c(cc1-c1cc(C)c3ccc(OCCO)cc3n1)OCO2. The fourth-order valence-corrected chi connectivity index (χ4v) is 3.09. The van der Waals surface area contributed by atoms with Crippen LogP contribution in [0.2, 0.25) is 0 Å². The Kier molecular flexibility index (Phi) is 3.93. The zero-order chi connectivity index (χ0) is 17.4. The molecule has 0 fully saturated rings. The molecule has 1 N–H and O–H groups in total. The molecule has 0 amide bonds. The Labute approximate surface area is 145 Å². The van der Waals surface area contributed by atoms with Crippen LogP contribution in [0.15, 0.2) is 36.4 Å². The summed E-state index contributed by atoms with van der Waals surface area (Å²) in [5.74, 6) is 2.23. The van der Waals surface area contributed by atoms with E-state index in [0.29, 0.717) is 5.75 Å². The lowest BCUT2D eigenvalue weighted by Crippen LogP contribution is -2.01. The molecule has 1 aromatic heterocycles. The number of pyridine rings is 1. The molecular formula is C20H19NO4. The molecule has 3 aromatic rings. The molecule has 0 unspecified atom stereocenters. The number of rotatable bonds is 4. The molecule has 2 aromatic carbocycles. The molecule has 5 nitrogen and oxygen atoms in total. The zero-order valence-corrected chi connectivity index (χ0v) is 14.2. The van der Waals surface area contributed by atoms with Gasteiger partial charge in [-0.25, -0.2) is 4.98 Å². The van der Waals surface area contributed by atoms with Crippen LogP contribution in [0.3, 0.4) is 0 Å². The molecule has 0 atom stereocenters. The average Bonchev–Trinajstić information content (AvgIpc) is 3.06. The second-order valence-corrected chi connectivity index (χ2v) is 6.10. The van der Waals surface area contributed by atoms with Gasteiger partial charge >= 0.3 is 0 Å². The summed E-state index contributed by atoms with van der Waals surface area (Å²) in [6, 6.07) is 11.9. The van der Waals surface area contributed by atoms with E-state index >= 15 is 0 Å². The maximum Gasteiger partial charge on any atom is 0.231 e. The van der Waals surface area contributed by atoms with Gasteiger partial charge in [-0.1, -0.05) is 0 Å². The molecule has 1 aliphatic rings. The van der Waals surface area contributed by atoms with Gasteiger partial charge in [0, 0.05) is 17.0 Å². The van der Waals surface area contributed by atoms with Crippen LogP contribution in [0.1, 0.15) is 11.1 Å². The van der Waals surface area contributed by atoms with Gasteiger partial charge in [-0.3, -0.25) is 0 Å². The smallest absolute Gasteiger partial charge is 0.231 e. The fourth-order valence-electron chi connectivity index (χ4n) is 3.09. The highest BCUT2D eigenvalue weighted by Gasteiger charge is 2.17. The van der Waals surface area contributed by atoms with Crippen molar-refractivity contribution in [1.29, 1.82) is 0 Å². The third-order valence-corrected chi connectivity index (χ3v) is 4.34. The Morgan fingerprint density at radius 3 is 2.64 bits per heavy atom. The van der Waals surface area contributed by atoms with Gasteiger partial charge in [0.15, 0.2) is 11.5 Å². The second-order valence-electron chi connectivity index (χ2n) is 6.10. The van der Waals surface area contributed by atoms with Crippen molar-refractivity contribution < 1.29 is 19.3 Å². The van der Waals surface area contributed by atoms with E-state index in [4.69, 9.17) is 24.3 Å². The maximum absolute atomic E-state index is 8.92. The molecule has 0 spiro atoms.